The Morgan fingerprint density at radius 2 is 0.731 bits per heavy atom. The van der Waals surface area contributed by atoms with Crippen LogP contribution in [0.5, 0.6) is 0 Å². The van der Waals surface area contributed by atoms with Gasteiger partial charge in [-0.05, 0) is 47.5 Å². The monoisotopic (exact) mass is 356 g/mol. The molecule has 26 heavy (non-hydrogen) atoms. The van der Waals surface area contributed by atoms with Crippen molar-refractivity contribution in [1.29, 1.82) is 0 Å². The molecule has 8 heteroatoms. The summed E-state index contributed by atoms with van der Waals surface area (Å²) in [4.78, 5) is 44.4. The Kier molecular flexibility index (Phi) is 5.17. The number of hydrogen-bond acceptors (Lipinski definition) is 4. The van der Waals surface area contributed by atoms with E-state index >= 15 is 0 Å². The highest BCUT2D eigenvalue weighted by Crippen LogP contribution is 2.17. The van der Waals surface area contributed by atoms with Gasteiger partial charge in [0, 0.05) is 0 Å². The summed E-state index contributed by atoms with van der Waals surface area (Å²) in [6.07, 6.45) is 2.73. The van der Waals surface area contributed by atoms with Crippen LogP contribution in [0.4, 0.5) is 0 Å². The van der Waals surface area contributed by atoms with E-state index in [0.29, 0.717) is 0 Å². The van der Waals surface area contributed by atoms with Crippen LogP contribution in [-0.4, -0.2) is 44.3 Å². The molecule has 0 aliphatic carbocycles. The highest BCUT2D eigenvalue weighted by atomic mass is 16.4. The van der Waals surface area contributed by atoms with Gasteiger partial charge in [0.15, 0.2) is 0 Å². The second kappa shape index (κ2) is 7.31. The first-order valence-electron chi connectivity index (χ1n) is 7.09. The van der Waals surface area contributed by atoms with E-state index in [1.54, 1.807) is 0 Å². The zero-order valence-corrected chi connectivity index (χ0v) is 13.0. The van der Waals surface area contributed by atoms with Gasteiger partial charge in [0.1, 0.15) is 0 Å². The molecule has 0 aromatic heterocycles. The predicted molar refractivity (Wildman–Crippen MR) is 89.6 cm³/mol. The maximum atomic E-state index is 11.1. The number of carboxylic acid groups (broad SMARTS) is 4. The molecule has 0 fully saturated rings. The smallest absolute Gasteiger partial charge is 0.335 e. The highest BCUT2D eigenvalue weighted by molar-refractivity contribution is 5.96. The van der Waals surface area contributed by atoms with E-state index in [1.807, 2.05) is 0 Å². The normalized spacial score (nSPS) is 10.6. The van der Waals surface area contributed by atoms with Gasteiger partial charge in [0.2, 0.25) is 0 Å². The molecule has 0 saturated heterocycles. The zero-order chi connectivity index (χ0) is 19.4. The second-order valence-corrected chi connectivity index (χ2v) is 5.24. The molecule has 0 aliphatic heterocycles. The molecule has 0 aliphatic rings. The van der Waals surface area contributed by atoms with Crippen molar-refractivity contribution >= 4 is 36.0 Å². The summed E-state index contributed by atoms with van der Waals surface area (Å²) < 4.78 is 0. The highest BCUT2D eigenvalue weighted by Gasteiger charge is 2.12. The Bertz CT molecular complexity index is 814. The van der Waals surface area contributed by atoms with Crippen LogP contribution < -0.4 is 0 Å². The van der Waals surface area contributed by atoms with Gasteiger partial charge in [-0.15, -0.1) is 0 Å². The Balaban J connectivity index is 2.49. The Labute approximate surface area is 146 Å². The third-order valence-electron chi connectivity index (χ3n) is 3.37. The first-order chi connectivity index (χ1) is 12.2. The van der Waals surface area contributed by atoms with E-state index in [4.69, 9.17) is 20.4 Å². The van der Waals surface area contributed by atoms with E-state index < -0.39 is 23.9 Å². The lowest BCUT2D eigenvalue weighted by Crippen LogP contribution is -2.03. The molecule has 0 spiro atoms. The number of hydrogen-bond donors (Lipinski definition) is 4. The lowest BCUT2D eigenvalue weighted by Gasteiger charge is -2.03. The average molecular weight is 356 g/mol. The fraction of sp³-hybridized carbons (Fsp3) is 0. The van der Waals surface area contributed by atoms with Gasteiger partial charge in [0.25, 0.3) is 0 Å². The number of rotatable bonds is 6. The molecule has 0 saturated carbocycles. The van der Waals surface area contributed by atoms with Crippen molar-refractivity contribution in [3.8, 4) is 0 Å². The summed E-state index contributed by atoms with van der Waals surface area (Å²) in [5.74, 6) is -5.21. The average Bonchev–Trinajstić information content (AvgIpc) is 2.59. The van der Waals surface area contributed by atoms with Crippen LogP contribution in [0.2, 0.25) is 0 Å². The third-order valence-corrected chi connectivity index (χ3v) is 3.37. The van der Waals surface area contributed by atoms with Gasteiger partial charge in [-0.3, -0.25) is 0 Å². The molecule has 0 heterocycles. The second-order valence-electron chi connectivity index (χ2n) is 5.24. The van der Waals surface area contributed by atoms with Crippen LogP contribution in [-0.2, 0) is 0 Å². The van der Waals surface area contributed by atoms with Crippen LogP contribution in [0, 0.1) is 0 Å². The number of carboxylic acids is 4. The van der Waals surface area contributed by atoms with Crippen molar-refractivity contribution in [3.05, 3.63) is 69.8 Å². The standard InChI is InChI=1S/C18H12O8/c19-15(20)11-3-9(4-12(7-11)16(21)22)1-2-10-5-13(17(23)24)8-14(6-10)18(25)26/h1-8H,(H,19,20)(H,21,22)(H,23,24)(H,25,26)/b2-1-. The molecule has 132 valence electrons. The minimum Gasteiger partial charge on any atom is -0.478 e. The number of benzene rings is 2. The molecule has 0 radical (unpaired) electrons. The van der Waals surface area contributed by atoms with Crippen molar-refractivity contribution in [1.82, 2.24) is 0 Å². The van der Waals surface area contributed by atoms with E-state index in [0.717, 1.165) is 12.1 Å². The quantitative estimate of drug-likeness (QED) is 0.577. The molecular formula is C18H12O8. The molecule has 2 aromatic carbocycles. The van der Waals surface area contributed by atoms with Crippen molar-refractivity contribution in [2.45, 2.75) is 0 Å². The van der Waals surface area contributed by atoms with E-state index in [1.165, 1.54) is 36.4 Å². The Morgan fingerprint density at radius 1 is 0.500 bits per heavy atom. The molecule has 4 N–H and O–H groups in total. The fourth-order valence-corrected chi connectivity index (χ4v) is 2.18. The molecule has 8 nitrogen and oxygen atoms in total. The van der Waals surface area contributed by atoms with E-state index in [9.17, 15) is 19.2 Å². The first kappa shape index (κ1) is 18.4. The Morgan fingerprint density at radius 3 is 0.923 bits per heavy atom. The minimum absolute atomic E-state index is 0.227. The maximum absolute atomic E-state index is 11.1. The molecule has 2 rings (SSSR count). The largest absolute Gasteiger partial charge is 0.478 e. The van der Waals surface area contributed by atoms with Gasteiger partial charge < -0.3 is 20.4 Å². The lowest BCUT2D eigenvalue weighted by molar-refractivity contribution is 0.0676. The summed E-state index contributed by atoms with van der Waals surface area (Å²) in [5.41, 5.74) is -0.407. The molecule has 2 aromatic rings. The van der Waals surface area contributed by atoms with Crippen LogP contribution in [0.25, 0.3) is 12.2 Å². The molecular weight excluding hydrogens is 344 g/mol. The number of aromatic carboxylic acids is 4. The fourth-order valence-electron chi connectivity index (χ4n) is 2.18. The minimum atomic E-state index is -1.30. The van der Waals surface area contributed by atoms with Gasteiger partial charge >= 0.3 is 23.9 Å². The van der Waals surface area contributed by atoms with Crippen LogP contribution in [0.3, 0.4) is 0 Å². The zero-order valence-electron chi connectivity index (χ0n) is 13.0. The summed E-state index contributed by atoms with van der Waals surface area (Å²) in [7, 11) is 0. The van der Waals surface area contributed by atoms with Crippen molar-refractivity contribution < 1.29 is 39.6 Å². The first-order valence-corrected chi connectivity index (χ1v) is 7.09. The van der Waals surface area contributed by atoms with Gasteiger partial charge in [-0.1, -0.05) is 12.2 Å². The number of carbonyl (C=O) groups is 4. The lowest BCUT2D eigenvalue weighted by atomic mass is 10.0. The van der Waals surface area contributed by atoms with Crippen LogP contribution in [0.1, 0.15) is 52.6 Å². The maximum Gasteiger partial charge on any atom is 0.335 e. The molecule has 0 unspecified atom stereocenters. The molecule has 0 atom stereocenters. The third kappa shape index (κ3) is 4.32. The predicted octanol–water partition coefficient (Wildman–Crippen LogP) is 2.65. The molecule has 0 amide bonds. The van der Waals surface area contributed by atoms with Crippen molar-refractivity contribution in [2.24, 2.45) is 0 Å². The van der Waals surface area contributed by atoms with Gasteiger partial charge in [0.05, 0.1) is 22.3 Å². The summed E-state index contributed by atoms with van der Waals surface area (Å²) in [6.45, 7) is 0. The summed E-state index contributed by atoms with van der Waals surface area (Å²) in [6, 6.07) is 6.98. The van der Waals surface area contributed by atoms with E-state index in [2.05, 4.69) is 0 Å². The summed E-state index contributed by atoms with van der Waals surface area (Å²) in [5, 5.41) is 36.2. The van der Waals surface area contributed by atoms with Gasteiger partial charge in [-0.25, -0.2) is 19.2 Å². The van der Waals surface area contributed by atoms with Crippen LogP contribution >= 0.6 is 0 Å². The summed E-state index contributed by atoms with van der Waals surface area (Å²) >= 11 is 0. The van der Waals surface area contributed by atoms with Crippen molar-refractivity contribution in [2.75, 3.05) is 0 Å². The Hall–Kier alpha value is -3.94. The van der Waals surface area contributed by atoms with E-state index in [-0.39, 0.29) is 33.4 Å². The SMILES string of the molecule is O=C(O)c1cc(/C=C\c2cc(C(=O)O)cc(C(=O)O)c2)cc(C(=O)O)c1. The topological polar surface area (TPSA) is 149 Å². The van der Waals surface area contributed by atoms with Gasteiger partial charge in [-0.2, -0.15) is 0 Å². The van der Waals surface area contributed by atoms with Crippen molar-refractivity contribution in [3.63, 3.8) is 0 Å². The van der Waals surface area contributed by atoms with Crippen LogP contribution in [0.15, 0.2) is 36.4 Å². The molecule has 0 bridgehead atoms.